The van der Waals surface area contributed by atoms with Crippen LogP contribution in [0.15, 0.2) is 22.8 Å². The number of aromatic nitrogens is 1. The summed E-state index contributed by atoms with van der Waals surface area (Å²) in [5, 5.41) is 18.4. The number of pyridine rings is 1. The smallest absolute Gasteiger partial charge is 0.272 e. The zero-order valence-electron chi connectivity index (χ0n) is 10.4. The van der Waals surface area contributed by atoms with Crippen LogP contribution in [-0.4, -0.2) is 52.8 Å². The van der Waals surface area contributed by atoms with Crippen molar-refractivity contribution in [2.45, 2.75) is 6.92 Å². The van der Waals surface area contributed by atoms with Gasteiger partial charge in [0.05, 0.1) is 13.2 Å². The number of aliphatic hydroxyl groups excluding tert-OH is 2. The van der Waals surface area contributed by atoms with E-state index in [1.807, 2.05) is 0 Å². The lowest BCUT2D eigenvalue weighted by atomic mass is 9.92. The molecule has 0 radical (unpaired) electrons. The number of aliphatic hydroxyl groups is 2. The van der Waals surface area contributed by atoms with Gasteiger partial charge in [-0.05, 0) is 28.1 Å². The number of carbonyl (C=O) groups is 1. The van der Waals surface area contributed by atoms with E-state index in [9.17, 15) is 15.0 Å². The second-order valence-corrected chi connectivity index (χ2v) is 5.57. The molecule has 0 spiro atoms. The lowest BCUT2D eigenvalue weighted by molar-refractivity contribution is 0.0363. The van der Waals surface area contributed by atoms with Crippen LogP contribution in [-0.2, 0) is 0 Å². The first-order chi connectivity index (χ1) is 8.41. The lowest BCUT2D eigenvalue weighted by Crippen LogP contribution is -2.41. The summed E-state index contributed by atoms with van der Waals surface area (Å²) >= 11 is 3.25. The van der Waals surface area contributed by atoms with Gasteiger partial charge >= 0.3 is 0 Å². The zero-order valence-corrected chi connectivity index (χ0v) is 12.0. The number of hydrogen-bond donors (Lipinski definition) is 2. The van der Waals surface area contributed by atoms with Gasteiger partial charge in [-0.3, -0.25) is 4.79 Å². The standard InChI is InChI=1S/C12H17BrN2O3/c1-12(7-16,8-17)6-15(2)11(18)10-4-3-9(13)5-14-10/h3-5,16-17H,6-8H2,1-2H3. The Hall–Kier alpha value is -0.980. The molecule has 0 fully saturated rings. The summed E-state index contributed by atoms with van der Waals surface area (Å²) in [5.41, 5.74) is -0.376. The Kier molecular flexibility index (Phi) is 5.25. The Morgan fingerprint density at radius 3 is 2.50 bits per heavy atom. The zero-order chi connectivity index (χ0) is 13.8. The number of halogens is 1. The first-order valence-electron chi connectivity index (χ1n) is 5.50. The van der Waals surface area contributed by atoms with Crippen molar-refractivity contribution in [3.63, 3.8) is 0 Å². The van der Waals surface area contributed by atoms with Crippen LogP contribution in [0.4, 0.5) is 0 Å². The van der Waals surface area contributed by atoms with Crippen molar-refractivity contribution in [2.75, 3.05) is 26.8 Å². The van der Waals surface area contributed by atoms with Crippen LogP contribution in [0, 0.1) is 5.41 Å². The molecule has 18 heavy (non-hydrogen) atoms. The summed E-state index contributed by atoms with van der Waals surface area (Å²) in [6.45, 7) is 1.60. The minimum atomic E-state index is -0.709. The molecule has 0 aliphatic rings. The Morgan fingerprint density at radius 1 is 1.44 bits per heavy atom. The van der Waals surface area contributed by atoms with Crippen LogP contribution < -0.4 is 0 Å². The van der Waals surface area contributed by atoms with E-state index in [-0.39, 0.29) is 25.7 Å². The van der Waals surface area contributed by atoms with Gasteiger partial charge in [0.2, 0.25) is 0 Å². The molecule has 1 aromatic rings. The van der Waals surface area contributed by atoms with Crippen molar-refractivity contribution in [2.24, 2.45) is 5.41 Å². The number of carbonyl (C=O) groups excluding carboxylic acids is 1. The van der Waals surface area contributed by atoms with Gasteiger partial charge in [-0.2, -0.15) is 0 Å². The predicted octanol–water partition coefficient (Wildman–Crippen LogP) is 0.907. The maximum atomic E-state index is 12.1. The molecule has 6 heteroatoms. The van der Waals surface area contributed by atoms with Crippen molar-refractivity contribution in [3.05, 3.63) is 28.5 Å². The van der Waals surface area contributed by atoms with Crippen LogP contribution in [0.1, 0.15) is 17.4 Å². The monoisotopic (exact) mass is 316 g/mol. The number of hydrogen-bond acceptors (Lipinski definition) is 4. The molecule has 0 aliphatic heterocycles. The van der Waals surface area contributed by atoms with E-state index in [1.54, 1.807) is 32.3 Å². The summed E-state index contributed by atoms with van der Waals surface area (Å²) in [6, 6.07) is 3.36. The summed E-state index contributed by atoms with van der Waals surface area (Å²) in [7, 11) is 1.62. The SMILES string of the molecule is CN(CC(C)(CO)CO)C(=O)c1ccc(Br)cn1. The van der Waals surface area contributed by atoms with Crippen LogP contribution in [0.25, 0.3) is 0 Å². The molecule has 100 valence electrons. The summed E-state index contributed by atoms with van der Waals surface area (Å²) < 4.78 is 0.803. The third kappa shape index (κ3) is 3.76. The van der Waals surface area contributed by atoms with Gasteiger partial charge in [-0.25, -0.2) is 4.98 Å². The average Bonchev–Trinajstić information content (AvgIpc) is 2.38. The molecule has 0 bridgehead atoms. The van der Waals surface area contributed by atoms with Gasteiger partial charge in [0.1, 0.15) is 5.69 Å². The maximum Gasteiger partial charge on any atom is 0.272 e. The number of rotatable bonds is 5. The molecule has 0 saturated heterocycles. The normalized spacial score (nSPS) is 11.4. The van der Waals surface area contributed by atoms with Gasteiger partial charge in [0, 0.05) is 29.7 Å². The molecule has 0 saturated carbocycles. The lowest BCUT2D eigenvalue weighted by Gasteiger charge is -2.30. The van der Waals surface area contributed by atoms with Crippen LogP contribution in [0.2, 0.25) is 0 Å². The minimum absolute atomic E-state index is 0.186. The van der Waals surface area contributed by atoms with Crippen LogP contribution >= 0.6 is 15.9 Å². The summed E-state index contributed by atoms with van der Waals surface area (Å²) in [6.07, 6.45) is 1.55. The molecule has 0 unspecified atom stereocenters. The highest BCUT2D eigenvalue weighted by Gasteiger charge is 2.27. The largest absolute Gasteiger partial charge is 0.396 e. The topological polar surface area (TPSA) is 73.7 Å². The Bertz CT molecular complexity index is 404. The van der Waals surface area contributed by atoms with Gasteiger partial charge in [-0.15, -0.1) is 0 Å². The fourth-order valence-electron chi connectivity index (χ4n) is 1.49. The highest BCUT2D eigenvalue weighted by Crippen LogP contribution is 2.17. The van der Waals surface area contributed by atoms with E-state index in [0.29, 0.717) is 5.69 Å². The van der Waals surface area contributed by atoms with Crippen LogP contribution in [0.3, 0.4) is 0 Å². The van der Waals surface area contributed by atoms with E-state index in [0.717, 1.165) is 4.47 Å². The third-order valence-corrected chi connectivity index (χ3v) is 3.14. The van der Waals surface area contributed by atoms with E-state index < -0.39 is 5.41 Å². The Balaban J connectivity index is 2.75. The van der Waals surface area contributed by atoms with Crippen molar-refractivity contribution in [1.82, 2.24) is 9.88 Å². The van der Waals surface area contributed by atoms with E-state index in [4.69, 9.17) is 0 Å². The summed E-state index contributed by atoms with van der Waals surface area (Å²) in [5.74, 6) is -0.240. The molecule has 0 aromatic carbocycles. The molecule has 0 atom stereocenters. The second kappa shape index (κ2) is 6.26. The van der Waals surface area contributed by atoms with Gasteiger partial charge in [0.15, 0.2) is 0 Å². The van der Waals surface area contributed by atoms with Crippen molar-refractivity contribution >= 4 is 21.8 Å². The molecule has 1 amide bonds. The minimum Gasteiger partial charge on any atom is -0.396 e. The van der Waals surface area contributed by atoms with Crippen molar-refractivity contribution in [1.29, 1.82) is 0 Å². The molecular weight excluding hydrogens is 300 g/mol. The van der Waals surface area contributed by atoms with Gasteiger partial charge < -0.3 is 15.1 Å². The molecule has 1 heterocycles. The summed E-state index contributed by atoms with van der Waals surface area (Å²) in [4.78, 5) is 17.5. The molecule has 1 rings (SSSR count). The Labute approximate surface area is 115 Å². The number of nitrogens with zero attached hydrogens (tertiary/aromatic N) is 2. The first-order valence-corrected chi connectivity index (χ1v) is 6.30. The number of amides is 1. The highest BCUT2D eigenvalue weighted by atomic mass is 79.9. The quantitative estimate of drug-likeness (QED) is 0.846. The molecule has 1 aromatic heterocycles. The average molecular weight is 317 g/mol. The second-order valence-electron chi connectivity index (χ2n) is 4.65. The Morgan fingerprint density at radius 2 is 2.06 bits per heavy atom. The third-order valence-electron chi connectivity index (χ3n) is 2.68. The fourth-order valence-corrected chi connectivity index (χ4v) is 1.73. The predicted molar refractivity (Wildman–Crippen MR) is 71.2 cm³/mol. The van der Waals surface area contributed by atoms with Crippen molar-refractivity contribution in [3.8, 4) is 0 Å². The van der Waals surface area contributed by atoms with E-state index in [2.05, 4.69) is 20.9 Å². The molecule has 5 nitrogen and oxygen atoms in total. The highest BCUT2D eigenvalue weighted by molar-refractivity contribution is 9.10. The van der Waals surface area contributed by atoms with Gasteiger partial charge in [-0.1, -0.05) is 6.92 Å². The fraction of sp³-hybridized carbons (Fsp3) is 0.500. The van der Waals surface area contributed by atoms with Gasteiger partial charge in [0.25, 0.3) is 5.91 Å². The molecule has 2 N–H and O–H groups in total. The van der Waals surface area contributed by atoms with E-state index in [1.165, 1.54) is 4.90 Å². The first kappa shape index (κ1) is 15.1. The molecular formula is C12H17BrN2O3. The molecule has 0 aliphatic carbocycles. The maximum absolute atomic E-state index is 12.1. The van der Waals surface area contributed by atoms with Crippen molar-refractivity contribution < 1.29 is 15.0 Å². The van der Waals surface area contributed by atoms with E-state index >= 15 is 0 Å². The van der Waals surface area contributed by atoms with Crippen LogP contribution in [0.5, 0.6) is 0 Å².